The minimum absolute atomic E-state index is 0.193. The van der Waals surface area contributed by atoms with Crippen molar-refractivity contribution < 1.29 is 13.9 Å². The predicted octanol–water partition coefficient (Wildman–Crippen LogP) is 3.58. The molecule has 3 heteroatoms. The quantitative estimate of drug-likeness (QED) is 0.817. The molecule has 1 fully saturated rings. The SMILES string of the molecule is O[C@@H](c1ccc(F)c(F)c1)C1CCCCC1. The molecule has 1 N–H and O–H groups in total. The van der Waals surface area contributed by atoms with Gasteiger partial charge in [-0.2, -0.15) is 0 Å². The van der Waals surface area contributed by atoms with Crippen molar-refractivity contribution >= 4 is 0 Å². The molecule has 0 bridgehead atoms. The summed E-state index contributed by atoms with van der Waals surface area (Å²) in [4.78, 5) is 0. The highest BCUT2D eigenvalue weighted by atomic mass is 19.2. The molecule has 16 heavy (non-hydrogen) atoms. The zero-order valence-electron chi connectivity index (χ0n) is 9.13. The molecule has 1 aromatic carbocycles. The molecule has 1 aliphatic carbocycles. The standard InChI is InChI=1S/C13H16F2O/c14-11-7-6-10(8-12(11)15)13(16)9-4-2-1-3-5-9/h6-9,13,16H,1-5H2/t13-/m1/s1. The van der Waals surface area contributed by atoms with Gasteiger partial charge in [0.2, 0.25) is 0 Å². The minimum Gasteiger partial charge on any atom is -0.388 e. The van der Waals surface area contributed by atoms with Gasteiger partial charge >= 0.3 is 0 Å². The second-order valence-electron chi connectivity index (χ2n) is 4.52. The van der Waals surface area contributed by atoms with Crippen molar-refractivity contribution in [3.8, 4) is 0 Å². The fourth-order valence-corrected chi connectivity index (χ4v) is 2.42. The maximum Gasteiger partial charge on any atom is 0.159 e. The third kappa shape index (κ3) is 2.40. The summed E-state index contributed by atoms with van der Waals surface area (Å²) in [7, 11) is 0. The first-order valence-corrected chi connectivity index (χ1v) is 5.81. The lowest BCUT2D eigenvalue weighted by Gasteiger charge is -2.26. The first-order valence-electron chi connectivity index (χ1n) is 5.81. The molecule has 0 aromatic heterocycles. The lowest BCUT2D eigenvalue weighted by molar-refractivity contribution is 0.0844. The molecule has 1 atom stereocenters. The summed E-state index contributed by atoms with van der Waals surface area (Å²) in [6.07, 6.45) is 4.73. The first kappa shape index (κ1) is 11.5. The van der Waals surface area contributed by atoms with Gasteiger partial charge in [-0.15, -0.1) is 0 Å². The summed E-state index contributed by atoms with van der Waals surface area (Å²) in [5, 5.41) is 10.1. The van der Waals surface area contributed by atoms with Gasteiger partial charge < -0.3 is 5.11 Å². The highest BCUT2D eigenvalue weighted by Gasteiger charge is 2.23. The Labute approximate surface area is 94.1 Å². The van der Waals surface area contributed by atoms with Crippen LogP contribution in [-0.4, -0.2) is 5.11 Å². The van der Waals surface area contributed by atoms with Gasteiger partial charge in [0.15, 0.2) is 11.6 Å². The van der Waals surface area contributed by atoms with Gasteiger partial charge in [0.1, 0.15) is 0 Å². The highest BCUT2D eigenvalue weighted by Crippen LogP contribution is 2.34. The number of hydrogen-bond acceptors (Lipinski definition) is 1. The average molecular weight is 226 g/mol. The molecule has 1 nitrogen and oxygen atoms in total. The molecule has 0 heterocycles. The fourth-order valence-electron chi connectivity index (χ4n) is 2.42. The van der Waals surface area contributed by atoms with E-state index >= 15 is 0 Å². The number of benzene rings is 1. The zero-order valence-corrected chi connectivity index (χ0v) is 9.13. The molecular weight excluding hydrogens is 210 g/mol. The monoisotopic (exact) mass is 226 g/mol. The van der Waals surface area contributed by atoms with Gasteiger partial charge in [0, 0.05) is 0 Å². The molecule has 2 rings (SSSR count). The van der Waals surface area contributed by atoms with Gasteiger partial charge in [0.05, 0.1) is 6.10 Å². The van der Waals surface area contributed by atoms with E-state index in [4.69, 9.17) is 0 Å². The third-order valence-corrected chi connectivity index (χ3v) is 3.38. The number of halogens is 2. The second-order valence-corrected chi connectivity index (χ2v) is 4.52. The Hall–Kier alpha value is -0.960. The van der Waals surface area contributed by atoms with E-state index in [9.17, 15) is 13.9 Å². The van der Waals surface area contributed by atoms with Crippen LogP contribution in [0.15, 0.2) is 18.2 Å². The van der Waals surface area contributed by atoms with E-state index in [2.05, 4.69) is 0 Å². The van der Waals surface area contributed by atoms with E-state index in [-0.39, 0.29) is 5.92 Å². The van der Waals surface area contributed by atoms with Crippen LogP contribution in [0.25, 0.3) is 0 Å². The summed E-state index contributed by atoms with van der Waals surface area (Å²) >= 11 is 0. The van der Waals surface area contributed by atoms with Crippen LogP contribution in [0.3, 0.4) is 0 Å². The summed E-state index contributed by atoms with van der Waals surface area (Å²) < 4.78 is 25.8. The van der Waals surface area contributed by atoms with E-state index in [1.165, 1.54) is 12.5 Å². The van der Waals surface area contributed by atoms with Crippen LogP contribution in [0.1, 0.15) is 43.8 Å². The Kier molecular flexibility index (Phi) is 3.54. The molecule has 1 aliphatic rings. The van der Waals surface area contributed by atoms with Crippen molar-refractivity contribution in [2.75, 3.05) is 0 Å². The van der Waals surface area contributed by atoms with Crippen molar-refractivity contribution in [1.82, 2.24) is 0 Å². The molecule has 0 amide bonds. The van der Waals surface area contributed by atoms with E-state index < -0.39 is 17.7 Å². The fraction of sp³-hybridized carbons (Fsp3) is 0.538. The molecule has 1 aromatic rings. The van der Waals surface area contributed by atoms with E-state index in [1.54, 1.807) is 0 Å². The zero-order chi connectivity index (χ0) is 11.5. The van der Waals surface area contributed by atoms with Crippen LogP contribution >= 0.6 is 0 Å². The van der Waals surface area contributed by atoms with Crippen LogP contribution < -0.4 is 0 Å². The van der Waals surface area contributed by atoms with Crippen LogP contribution in [-0.2, 0) is 0 Å². The maximum absolute atomic E-state index is 13.0. The predicted molar refractivity (Wildman–Crippen MR) is 57.9 cm³/mol. The van der Waals surface area contributed by atoms with Gasteiger partial charge in [-0.05, 0) is 36.5 Å². The number of hydrogen-bond donors (Lipinski definition) is 1. The Morgan fingerprint density at radius 2 is 1.75 bits per heavy atom. The molecule has 0 radical (unpaired) electrons. The van der Waals surface area contributed by atoms with E-state index in [0.29, 0.717) is 5.56 Å². The first-order chi connectivity index (χ1) is 7.68. The van der Waals surface area contributed by atoms with E-state index in [0.717, 1.165) is 37.8 Å². The molecular formula is C13H16F2O. The number of rotatable bonds is 2. The Balaban J connectivity index is 2.12. The van der Waals surface area contributed by atoms with E-state index in [1.807, 2.05) is 0 Å². The van der Waals surface area contributed by atoms with Gasteiger partial charge in [-0.25, -0.2) is 8.78 Å². The number of aliphatic hydroxyl groups is 1. The highest BCUT2D eigenvalue weighted by molar-refractivity contribution is 5.20. The Bertz CT molecular complexity index is 359. The molecule has 0 saturated heterocycles. The lowest BCUT2D eigenvalue weighted by atomic mass is 9.83. The molecule has 0 unspecified atom stereocenters. The van der Waals surface area contributed by atoms with Gasteiger partial charge in [-0.1, -0.05) is 25.3 Å². The Morgan fingerprint density at radius 1 is 1.06 bits per heavy atom. The van der Waals surface area contributed by atoms with Crippen molar-refractivity contribution in [2.45, 2.75) is 38.2 Å². The summed E-state index contributed by atoms with van der Waals surface area (Å²) in [6.45, 7) is 0. The molecule has 0 aliphatic heterocycles. The largest absolute Gasteiger partial charge is 0.388 e. The van der Waals surface area contributed by atoms with Crippen molar-refractivity contribution in [2.24, 2.45) is 5.92 Å². The van der Waals surface area contributed by atoms with Gasteiger partial charge in [0.25, 0.3) is 0 Å². The Morgan fingerprint density at radius 3 is 2.38 bits per heavy atom. The summed E-state index contributed by atoms with van der Waals surface area (Å²) in [5.74, 6) is -1.55. The normalized spacial score (nSPS) is 19.7. The third-order valence-electron chi connectivity index (χ3n) is 3.38. The van der Waals surface area contributed by atoms with Crippen molar-refractivity contribution in [3.05, 3.63) is 35.4 Å². The summed E-state index contributed by atoms with van der Waals surface area (Å²) in [6, 6.07) is 3.66. The molecule has 1 saturated carbocycles. The molecule has 0 spiro atoms. The average Bonchev–Trinajstić information content (AvgIpc) is 2.33. The topological polar surface area (TPSA) is 20.2 Å². The van der Waals surface area contributed by atoms with Crippen molar-refractivity contribution in [3.63, 3.8) is 0 Å². The molecule has 88 valence electrons. The van der Waals surface area contributed by atoms with Crippen molar-refractivity contribution in [1.29, 1.82) is 0 Å². The maximum atomic E-state index is 13.0. The smallest absolute Gasteiger partial charge is 0.159 e. The lowest BCUT2D eigenvalue weighted by Crippen LogP contribution is -2.16. The minimum atomic E-state index is -0.882. The van der Waals surface area contributed by atoms with Gasteiger partial charge in [-0.3, -0.25) is 0 Å². The van der Waals surface area contributed by atoms with Crippen LogP contribution in [0, 0.1) is 17.6 Å². The summed E-state index contributed by atoms with van der Waals surface area (Å²) in [5.41, 5.74) is 0.491. The van der Waals surface area contributed by atoms with Crippen LogP contribution in [0.2, 0.25) is 0 Å². The van der Waals surface area contributed by atoms with Crippen LogP contribution in [0.4, 0.5) is 8.78 Å². The number of aliphatic hydroxyl groups excluding tert-OH is 1. The second kappa shape index (κ2) is 4.91. The van der Waals surface area contributed by atoms with Crippen LogP contribution in [0.5, 0.6) is 0 Å².